The number of rotatable bonds is 4. The summed E-state index contributed by atoms with van der Waals surface area (Å²) in [7, 11) is 0. The van der Waals surface area contributed by atoms with Crippen molar-refractivity contribution in [2.75, 3.05) is 36.5 Å². The number of anilines is 2. The van der Waals surface area contributed by atoms with Gasteiger partial charge >= 0.3 is 0 Å². The first-order valence-corrected chi connectivity index (χ1v) is 11.6. The van der Waals surface area contributed by atoms with Gasteiger partial charge in [-0.05, 0) is 25.5 Å². The van der Waals surface area contributed by atoms with E-state index in [1.54, 1.807) is 0 Å². The molecule has 4 aromatic rings. The van der Waals surface area contributed by atoms with Crippen LogP contribution in [0.25, 0.3) is 28.1 Å². The lowest BCUT2D eigenvalue weighted by atomic mass is 10.1. The minimum absolute atomic E-state index is 0.311. The maximum atomic E-state index is 13.9. The van der Waals surface area contributed by atoms with Gasteiger partial charge in [0.05, 0.1) is 35.4 Å². The molecular formula is C24H27FN7O+. The monoisotopic (exact) mass is 448 g/mol. The predicted molar refractivity (Wildman–Crippen MR) is 124 cm³/mol. The van der Waals surface area contributed by atoms with E-state index >= 15 is 0 Å². The van der Waals surface area contributed by atoms with Gasteiger partial charge in [0.2, 0.25) is 11.6 Å². The van der Waals surface area contributed by atoms with E-state index in [4.69, 9.17) is 19.7 Å². The summed E-state index contributed by atoms with van der Waals surface area (Å²) in [5, 5.41) is 7.13. The van der Waals surface area contributed by atoms with Crippen LogP contribution in [0.2, 0.25) is 0 Å². The van der Waals surface area contributed by atoms with Gasteiger partial charge in [-0.25, -0.2) is 19.5 Å². The van der Waals surface area contributed by atoms with Gasteiger partial charge in [0, 0.05) is 38.7 Å². The average molecular weight is 449 g/mol. The molecule has 0 saturated carbocycles. The number of fused-ring (bicyclic) bond motifs is 2. The summed E-state index contributed by atoms with van der Waals surface area (Å²) in [6.07, 6.45) is 1.62. The Morgan fingerprint density at radius 2 is 1.88 bits per heavy atom. The van der Waals surface area contributed by atoms with Gasteiger partial charge < -0.3 is 15.0 Å². The van der Waals surface area contributed by atoms with E-state index in [9.17, 15) is 4.39 Å². The molecule has 2 saturated heterocycles. The maximum absolute atomic E-state index is 13.9. The fourth-order valence-electron chi connectivity index (χ4n) is 4.72. The number of halogens is 1. The molecule has 8 nitrogen and oxygen atoms in total. The number of nitrogens with one attached hydrogen (secondary N) is 2. The third-order valence-corrected chi connectivity index (χ3v) is 6.50. The second-order valence-corrected chi connectivity index (χ2v) is 8.87. The molecule has 0 spiro atoms. The van der Waals surface area contributed by atoms with E-state index in [-0.39, 0.29) is 0 Å². The van der Waals surface area contributed by atoms with Crippen LogP contribution < -0.4 is 14.7 Å². The smallest absolute Gasteiger partial charge is 0.289 e. The van der Waals surface area contributed by atoms with Crippen molar-refractivity contribution in [3.05, 3.63) is 42.1 Å². The Labute approximate surface area is 190 Å². The van der Waals surface area contributed by atoms with Crippen molar-refractivity contribution in [2.45, 2.75) is 38.4 Å². The van der Waals surface area contributed by atoms with Crippen LogP contribution in [0, 0.1) is 6.92 Å². The Morgan fingerprint density at radius 3 is 2.64 bits per heavy atom. The summed E-state index contributed by atoms with van der Waals surface area (Å²) in [5.41, 5.74) is 4.97. The van der Waals surface area contributed by atoms with Gasteiger partial charge in [0.1, 0.15) is 17.6 Å². The predicted octanol–water partition coefficient (Wildman–Crippen LogP) is 3.21. The molecule has 0 radical (unpaired) electrons. The highest BCUT2D eigenvalue weighted by atomic mass is 19.1. The second kappa shape index (κ2) is 8.22. The summed E-state index contributed by atoms with van der Waals surface area (Å²) in [6, 6.07) is 12.2. The highest BCUT2D eigenvalue weighted by Gasteiger charge is 2.28. The Kier molecular flexibility index (Phi) is 5.05. The molecule has 2 fully saturated rings. The number of hydrogen-bond acceptors (Lipinski definition) is 6. The molecule has 0 amide bonds. The molecule has 1 atom stereocenters. The molecule has 0 unspecified atom stereocenters. The second-order valence-electron chi connectivity index (χ2n) is 8.87. The van der Waals surface area contributed by atoms with Crippen LogP contribution in [-0.2, 0) is 4.74 Å². The van der Waals surface area contributed by atoms with Crippen LogP contribution in [-0.4, -0.2) is 58.6 Å². The van der Waals surface area contributed by atoms with Crippen molar-refractivity contribution in [1.29, 1.82) is 0 Å². The number of ether oxygens (including phenoxy) is 1. The van der Waals surface area contributed by atoms with Crippen molar-refractivity contribution in [3.63, 3.8) is 0 Å². The zero-order valence-electron chi connectivity index (χ0n) is 18.6. The third kappa shape index (κ3) is 3.86. The fourth-order valence-corrected chi connectivity index (χ4v) is 4.72. The highest BCUT2D eigenvalue weighted by molar-refractivity contribution is 5.78. The Bertz CT molecular complexity index is 1320. The summed E-state index contributed by atoms with van der Waals surface area (Å²) in [5.74, 6) is 1.69. The van der Waals surface area contributed by atoms with Crippen molar-refractivity contribution in [2.24, 2.45) is 0 Å². The van der Waals surface area contributed by atoms with Gasteiger partial charge in [-0.3, -0.25) is 0 Å². The van der Waals surface area contributed by atoms with Crippen LogP contribution in [0.5, 0.6) is 0 Å². The molecule has 2 aliphatic heterocycles. The van der Waals surface area contributed by atoms with Gasteiger partial charge in [-0.15, -0.1) is 4.52 Å². The minimum atomic E-state index is -0.806. The number of H-pyrrole nitrogens is 1. The zero-order valence-corrected chi connectivity index (χ0v) is 18.6. The van der Waals surface area contributed by atoms with Crippen molar-refractivity contribution in [1.82, 2.24) is 20.1 Å². The molecule has 2 N–H and O–H groups in total. The SMILES string of the molecule is Cc1nc2ccccc2nc1-c1cc2nc(N3CC[C@@H](F)C3)cc(NC3CCOCC3)[n+]2[nH]1. The lowest BCUT2D eigenvalue weighted by Crippen LogP contribution is -2.36. The zero-order chi connectivity index (χ0) is 22.4. The Balaban J connectivity index is 1.45. The highest BCUT2D eigenvalue weighted by Crippen LogP contribution is 2.26. The van der Waals surface area contributed by atoms with E-state index in [2.05, 4.69) is 10.4 Å². The number of hydrogen-bond donors (Lipinski definition) is 2. The molecule has 1 aromatic carbocycles. The quantitative estimate of drug-likeness (QED) is 0.467. The van der Waals surface area contributed by atoms with Crippen molar-refractivity contribution in [3.8, 4) is 11.4 Å². The first-order chi connectivity index (χ1) is 16.1. The number of aromatic nitrogens is 5. The van der Waals surface area contributed by atoms with Gasteiger partial charge in [0.15, 0.2) is 0 Å². The molecule has 170 valence electrons. The summed E-state index contributed by atoms with van der Waals surface area (Å²) >= 11 is 0. The number of aromatic amines is 1. The first kappa shape index (κ1) is 20.3. The summed E-state index contributed by atoms with van der Waals surface area (Å²) < 4.78 is 21.4. The number of nitrogens with zero attached hydrogens (tertiary/aromatic N) is 5. The lowest BCUT2D eigenvalue weighted by molar-refractivity contribution is -0.563. The van der Waals surface area contributed by atoms with Gasteiger partial charge in [0.25, 0.3) is 5.65 Å². The van der Waals surface area contributed by atoms with E-state index in [0.29, 0.717) is 25.6 Å². The fraction of sp³-hybridized carbons (Fsp3) is 0.417. The number of aryl methyl sites for hydroxylation is 1. The summed E-state index contributed by atoms with van der Waals surface area (Å²) in [4.78, 5) is 16.5. The molecule has 33 heavy (non-hydrogen) atoms. The Hall–Kier alpha value is -3.33. The van der Waals surface area contributed by atoms with E-state index in [1.807, 2.05) is 52.7 Å². The number of para-hydroxylation sites is 2. The van der Waals surface area contributed by atoms with E-state index in [1.165, 1.54) is 0 Å². The first-order valence-electron chi connectivity index (χ1n) is 11.6. The molecule has 0 bridgehead atoms. The molecule has 6 rings (SSSR count). The van der Waals surface area contributed by atoms with Crippen LogP contribution in [0.15, 0.2) is 36.4 Å². The van der Waals surface area contributed by atoms with Crippen LogP contribution in [0.1, 0.15) is 25.0 Å². The van der Waals surface area contributed by atoms with Crippen molar-refractivity contribution >= 4 is 28.3 Å². The Morgan fingerprint density at radius 1 is 1.09 bits per heavy atom. The molecular weight excluding hydrogens is 421 g/mol. The molecule has 2 aliphatic rings. The van der Waals surface area contributed by atoms with Crippen LogP contribution in [0.3, 0.4) is 0 Å². The van der Waals surface area contributed by atoms with E-state index in [0.717, 1.165) is 71.5 Å². The maximum Gasteiger partial charge on any atom is 0.289 e. The normalized spacial score (nSPS) is 19.6. The third-order valence-electron chi connectivity index (χ3n) is 6.50. The van der Waals surface area contributed by atoms with Crippen LogP contribution in [0.4, 0.5) is 16.0 Å². The largest absolute Gasteiger partial charge is 0.381 e. The van der Waals surface area contributed by atoms with Crippen molar-refractivity contribution < 1.29 is 13.6 Å². The van der Waals surface area contributed by atoms with E-state index < -0.39 is 6.17 Å². The lowest BCUT2D eigenvalue weighted by Gasteiger charge is -2.21. The van der Waals surface area contributed by atoms with Gasteiger partial charge in [-0.2, -0.15) is 0 Å². The van der Waals surface area contributed by atoms with Crippen LogP contribution >= 0.6 is 0 Å². The summed E-state index contributed by atoms with van der Waals surface area (Å²) in [6.45, 7) is 4.53. The van der Waals surface area contributed by atoms with Gasteiger partial charge in [-0.1, -0.05) is 17.1 Å². The topological polar surface area (TPSA) is 83.1 Å². The molecule has 3 aromatic heterocycles. The molecule has 0 aliphatic carbocycles. The minimum Gasteiger partial charge on any atom is -0.381 e. The number of benzene rings is 1. The molecule has 5 heterocycles. The average Bonchev–Trinajstić information content (AvgIpc) is 3.45. The standard InChI is InChI=1S/C24H26FN7O/c1-15-24(28-19-5-3-2-4-18(19)26-15)20-12-22-29-21(31-9-6-16(25)14-31)13-23(32(22)30-20)27-17-7-10-33-11-8-17/h2-5,12-13,16-17H,6-11,14H2,1H3,(H,27,29,30)/p+1/t16-/m1/s1. The molecule has 9 heteroatoms. The number of alkyl halides is 1.